The zero-order valence-electron chi connectivity index (χ0n) is 12.6. The number of aromatic hydroxyl groups is 1. The number of pyridine rings is 2. The number of H-pyrrole nitrogens is 1. The van der Waals surface area contributed by atoms with Gasteiger partial charge in [-0.05, 0) is 6.07 Å². The zero-order chi connectivity index (χ0) is 17.1. The fourth-order valence-corrected chi connectivity index (χ4v) is 2.56. The monoisotopic (exact) mass is 326 g/mol. The summed E-state index contributed by atoms with van der Waals surface area (Å²) in [6, 6.07) is 7.50. The summed E-state index contributed by atoms with van der Waals surface area (Å²) < 4.78 is 5.71. The van der Waals surface area contributed by atoms with E-state index in [1.165, 1.54) is 12.3 Å². The Morgan fingerprint density at radius 2 is 2.29 bits per heavy atom. The van der Waals surface area contributed by atoms with Gasteiger partial charge in [-0.1, -0.05) is 0 Å². The van der Waals surface area contributed by atoms with Crippen molar-refractivity contribution in [2.24, 2.45) is 0 Å². The molecule has 2 aromatic rings. The lowest BCUT2D eigenvalue weighted by Gasteiger charge is -2.17. The Balaban J connectivity index is 1.67. The number of carbonyl (C=O) groups excluding carboxylic acids is 1. The summed E-state index contributed by atoms with van der Waals surface area (Å²) in [5, 5.41) is 18.3. The minimum absolute atomic E-state index is 0.126. The van der Waals surface area contributed by atoms with Crippen molar-refractivity contribution in [3.63, 3.8) is 0 Å². The number of likely N-dealkylation sites (tertiary alicyclic amines) is 1. The van der Waals surface area contributed by atoms with Crippen LogP contribution in [0.1, 0.15) is 22.3 Å². The highest BCUT2D eigenvalue weighted by atomic mass is 16.5. The fraction of sp³-hybridized carbons (Fsp3) is 0.250. The van der Waals surface area contributed by atoms with Gasteiger partial charge in [0.2, 0.25) is 5.88 Å². The lowest BCUT2D eigenvalue weighted by atomic mass is 10.2. The molecule has 8 nitrogen and oxygen atoms in total. The lowest BCUT2D eigenvalue weighted by molar-refractivity contribution is 0.0770. The van der Waals surface area contributed by atoms with Gasteiger partial charge in [-0.2, -0.15) is 5.26 Å². The van der Waals surface area contributed by atoms with Crippen LogP contribution in [0, 0.1) is 11.3 Å². The maximum absolute atomic E-state index is 12.4. The van der Waals surface area contributed by atoms with Crippen LogP contribution in [0.25, 0.3) is 0 Å². The molecule has 0 bridgehead atoms. The molecule has 0 spiro atoms. The number of hydrogen-bond acceptors (Lipinski definition) is 6. The van der Waals surface area contributed by atoms with Crippen molar-refractivity contribution in [2.75, 3.05) is 13.1 Å². The highest BCUT2D eigenvalue weighted by molar-refractivity contribution is 5.94. The van der Waals surface area contributed by atoms with Crippen molar-refractivity contribution in [1.29, 1.82) is 5.26 Å². The number of hydrogen-bond donors (Lipinski definition) is 2. The quantitative estimate of drug-likeness (QED) is 0.854. The topological polar surface area (TPSA) is 119 Å². The Morgan fingerprint density at radius 1 is 1.46 bits per heavy atom. The van der Waals surface area contributed by atoms with Crippen LogP contribution in [0.15, 0.2) is 35.3 Å². The zero-order valence-corrected chi connectivity index (χ0v) is 12.6. The Hall–Kier alpha value is -3.34. The molecule has 1 fully saturated rings. The number of nitriles is 1. The van der Waals surface area contributed by atoms with E-state index in [-0.39, 0.29) is 23.5 Å². The maximum Gasteiger partial charge on any atom is 0.254 e. The molecule has 1 aliphatic heterocycles. The van der Waals surface area contributed by atoms with Crippen LogP contribution >= 0.6 is 0 Å². The van der Waals surface area contributed by atoms with E-state index < -0.39 is 5.56 Å². The van der Waals surface area contributed by atoms with Gasteiger partial charge >= 0.3 is 0 Å². The molecule has 0 aromatic carbocycles. The lowest BCUT2D eigenvalue weighted by Crippen LogP contribution is -2.31. The second-order valence-electron chi connectivity index (χ2n) is 5.39. The largest absolute Gasteiger partial charge is 0.494 e. The molecule has 122 valence electrons. The molecule has 24 heavy (non-hydrogen) atoms. The summed E-state index contributed by atoms with van der Waals surface area (Å²) in [7, 11) is 0. The predicted octanol–water partition coefficient (Wildman–Crippen LogP) is 0.641. The Labute approximate surface area is 136 Å². The van der Waals surface area contributed by atoms with Crippen molar-refractivity contribution in [3.8, 4) is 17.8 Å². The molecule has 0 radical (unpaired) electrons. The Morgan fingerprint density at radius 3 is 3.04 bits per heavy atom. The number of rotatable bonds is 3. The van der Waals surface area contributed by atoms with E-state index in [2.05, 4.69) is 9.97 Å². The molecular formula is C16H14N4O4. The van der Waals surface area contributed by atoms with Gasteiger partial charge in [0, 0.05) is 37.4 Å². The van der Waals surface area contributed by atoms with Crippen LogP contribution in [-0.4, -0.2) is 45.1 Å². The summed E-state index contributed by atoms with van der Waals surface area (Å²) >= 11 is 0. The predicted molar refractivity (Wildman–Crippen MR) is 82.6 cm³/mol. The Bertz CT molecular complexity index is 871. The molecule has 3 heterocycles. The van der Waals surface area contributed by atoms with Gasteiger partial charge in [0.25, 0.3) is 11.5 Å². The van der Waals surface area contributed by atoms with E-state index in [1.54, 1.807) is 17.0 Å². The molecule has 0 saturated carbocycles. The molecular weight excluding hydrogens is 312 g/mol. The van der Waals surface area contributed by atoms with Gasteiger partial charge in [0.1, 0.15) is 6.10 Å². The van der Waals surface area contributed by atoms with E-state index >= 15 is 0 Å². The first-order chi connectivity index (χ1) is 11.5. The minimum Gasteiger partial charge on any atom is -0.494 e. The summed E-state index contributed by atoms with van der Waals surface area (Å²) in [5.41, 5.74) is 0.0364. The summed E-state index contributed by atoms with van der Waals surface area (Å²) in [5.74, 6) is -0.362. The molecule has 1 amide bonds. The van der Waals surface area contributed by atoms with Crippen molar-refractivity contribution in [2.45, 2.75) is 12.5 Å². The number of ether oxygens (including phenoxy) is 1. The number of nitrogens with one attached hydrogen (secondary N) is 1. The molecule has 2 N–H and O–H groups in total. The normalized spacial score (nSPS) is 16.6. The third kappa shape index (κ3) is 3.35. The number of aromatic amines is 1. The van der Waals surface area contributed by atoms with Crippen molar-refractivity contribution >= 4 is 5.91 Å². The average molecular weight is 326 g/mol. The first kappa shape index (κ1) is 15.6. The van der Waals surface area contributed by atoms with Crippen LogP contribution in [0.3, 0.4) is 0 Å². The number of amides is 1. The number of nitrogens with zero attached hydrogens (tertiary/aromatic N) is 3. The third-order valence-electron chi connectivity index (χ3n) is 3.66. The average Bonchev–Trinajstić information content (AvgIpc) is 3.02. The molecule has 1 atom stereocenters. The SMILES string of the molecule is N#Cc1ccnc(OC2CCN(C(=O)c3cc(O)[nH]c(=O)c3)C2)c1. The van der Waals surface area contributed by atoms with E-state index in [4.69, 9.17) is 10.00 Å². The number of aromatic nitrogens is 2. The van der Waals surface area contributed by atoms with Crippen LogP contribution in [0.5, 0.6) is 11.8 Å². The van der Waals surface area contributed by atoms with Crippen LogP contribution in [-0.2, 0) is 0 Å². The second kappa shape index (κ2) is 6.42. The summed E-state index contributed by atoms with van der Waals surface area (Å²) in [4.78, 5) is 31.5. The smallest absolute Gasteiger partial charge is 0.254 e. The van der Waals surface area contributed by atoms with Crippen LogP contribution in [0.2, 0.25) is 0 Å². The van der Waals surface area contributed by atoms with Gasteiger partial charge in [-0.3, -0.25) is 14.6 Å². The highest BCUT2D eigenvalue weighted by Gasteiger charge is 2.29. The minimum atomic E-state index is -0.539. The standard InChI is InChI=1S/C16H14N4O4/c17-8-10-1-3-18-15(5-10)24-12-2-4-20(9-12)16(23)11-6-13(21)19-14(22)7-11/h1,3,5-7,12H,2,4,9H2,(H2,19,21,22). The molecule has 0 aliphatic carbocycles. The van der Waals surface area contributed by atoms with E-state index in [9.17, 15) is 14.7 Å². The Kier molecular flexibility index (Phi) is 4.16. The summed E-state index contributed by atoms with van der Waals surface area (Å²) in [6.45, 7) is 0.805. The van der Waals surface area contributed by atoms with Gasteiger partial charge in [0.15, 0.2) is 5.88 Å². The van der Waals surface area contributed by atoms with E-state index in [1.807, 2.05) is 6.07 Å². The number of carbonyl (C=O) groups is 1. The maximum atomic E-state index is 12.4. The van der Waals surface area contributed by atoms with E-state index in [0.29, 0.717) is 31.0 Å². The molecule has 1 unspecified atom stereocenters. The molecule has 2 aromatic heterocycles. The second-order valence-corrected chi connectivity index (χ2v) is 5.39. The third-order valence-corrected chi connectivity index (χ3v) is 3.66. The van der Waals surface area contributed by atoms with Gasteiger partial charge in [0.05, 0.1) is 23.7 Å². The molecule has 1 aliphatic rings. The first-order valence-corrected chi connectivity index (χ1v) is 7.30. The van der Waals surface area contributed by atoms with Gasteiger partial charge in [-0.25, -0.2) is 4.98 Å². The summed E-state index contributed by atoms with van der Waals surface area (Å²) in [6.07, 6.45) is 1.86. The van der Waals surface area contributed by atoms with Crippen molar-refractivity contribution in [3.05, 3.63) is 51.9 Å². The molecule has 1 saturated heterocycles. The molecule has 8 heteroatoms. The van der Waals surface area contributed by atoms with E-state index in [0.717, 1.165) is 6.07 Å². The first-order valence-electron chi connectivity index (χ1n) is 7.30. The van der Waals surface area contributed by atoms with Crippen molar-refractivity contribution < 1.29 is 14.6 Å². The molecule has 3 rings (SSSR count). The highest BCUT2D eigenvalue weighted by Crippen LogP contribution is 2.19. The fourth-order valence-electron chi connectivity index (χ4n) is 2.56. The van der Waals surface area contributed by atoms with Crippen molar-refractivity contribution in [1.82, 2.24) is 14.9 Å². The van der Waals surface area contributed by atoms with Gasteiger partial charge in [-0.15, -0.1) is 0 Å². The van der Waals surface area contributed by atoms with Crippen LogP contribution in [0.4, 0.5) is 0 Å². The van der Waals surface area contributed by atoms with Gasteiger partial charge < -0.3 is 14.7 Å². The van der Waals surface area contributed by atoms with Crippen LogP contribution < -0.4 is 10.3 Å².